The fourth-order valence-electron chi connectivity index (χ4n) is 2.04. The van der Waals surface area contributed by atoms with E-state index in [-0.39, 0.29) is 17.8 Å². The van der Waals surface area contributed by atoms with E-state index >= 15 is 0 Å². The fraction of sp³-hybridized carbons (Fsp3) is 0.278. The van der Waals surface area contributed by atoms with E-state index in [1.165, 1.54) is 22.6 Å². The summed E-state index contributed by atoms with van der Waals surface area (Å²) < 4.78 is 12.9. The first-order valence-corrected chi connectivity index (χ1v) is 8.27. The van der Waals surface area contributed by atoms with Crippen molar-refractivity contribution >= 4 is 17.7 Å². The van der Waals surface area contributed by atoms with Crippen LogP contribution in [0.1, 0.15) is 30.5 Å². The molecule has 0 aromatic heterocycles. The molecule has 22 heavy (non-hydrogen) atoms. The lowest BCUT2D eigenvalue weighted by Gasteiger charge is -2.14. The fourth-order valence-corrected chi connectivity index (χ4v) is 2.90. The molecule has 0 aliphatic rings. The molecule has 0 spiro atoms. The summed E-state index contributed by atoms with van der Waals surface area (Å²) in [6, 6.07) is 14.4. The minimum absolute atomic E-state index is 0.0106. The van der Waals surface area contributed by atoms with Crippen LogP contribution in [-0.2, 0) is 4.79 Å². The molecule has 2 aromatic rings. The van der Waals surface area contributed by atoms with Gasteiger partial charge in [0, 0.05) is 17.1 Å². The van der Waals surface area contributed by atoms with E-state index < -0.39 is 0 Å². The molecule has 0 unspecified atom stereocenters. The van der Waals surface area contributed by atoms with Gasteiger partial charge in [0.2, 0.25) is 5.91 Å². The summed E-state index contributed by atoms with van der Waals surface area (Å²) in [6.07, 6.45) is 0.462. The number of halogens is 1. The van der Waals surface area contributed by atoms with Gasteiger partial charge in [0.25, 0.3) is 0 Å². The average molecular weight is 317 g/mol. The Hall–Kier alpha value is -1.81. The van der Waals surface area contributed by atoms with Crippen molar-refractivity contribution in [2.24, 2.45) is 0 Å². The minimum atomic E-state index is -0.267. The third kappa shape index (κ3) is 5.19. The van der Waals surface area contributed by atoms with Gasteiger partial charge in [0.05, 0.1) is 6.04 Å². The van der Waals surface area contributed by atoms with Crippen LogP contribution in [0.15, 0.2) is 53.4 Å². The number of rotatable bonds is 6. The van der Waals surface area contributed by atoms with Crippen molar-refractivity contribution in [3.63, 3.8) is 0 Å². The Labute approximate surface area is 135 Å². The molecule has 0 saturated heterocycles. The largest absolute Gasteiger partial charge is 0.350 e. The van der Waals surface area contributed by atoms with Crippen molar-refractivity contribution in [2.75, 3.05) is 5.75 Å². The van der Waals surface area contributed by atoms with Gasteiger partial charge >= 0.3 is 0 Å². The molecule has 0 heterocycles. The molecule has 0 radical (unpaired) electrons. The highest BCUT2D eigenvalue weighted by Crippen LogP contribution is 2.19. The van der Waals surface area contributed by atoms with Crippen molar-refractivity contribution in [3.05, 3.63) is 65.5 Å². The lowest BCUT2D eigenvalue weighted by atomic mass is 10.1. The summed E-state index contributed by atoms with van der Waals surface area (Å²) >= 11 is 1.67. The summed E-state index contributed by atoms with van der Waals surface area (Å²) in [5.74, 6) is 0.485. The van der Waals surface area contributed by atoms with E-state index in [2.05, 4.69) is 36.5 Å². The first-order chi connectivity index (χ1) is 10.5. The van der Waals surface area contributed by atoms with Crippen LogP contribution in [0.2, 0.25) is 0 Å². The number of aryl methyl sites for hydroxylation is 1. The lowest BCUT2D eigenvalue weighted by Crippen LogP contribution is -2.26. The number of carbonyl (C=O) groups excluding carboxylic acids is 1. The molecule has 0 saturated carbocycles. The zero-order chi connectivity index (χ0) is 15.9. The third-order valence-corrected chi connectivity index (χ3v) is 4.38. The van der Waals surface area contributed by atoms with E-state index in [0.29, 0.717) is 6.42 Å². The summed E-state index contributed by atoms with van der Waals surface area (Å²) in [5, 5.41) is 2.94. The Bertz CT molecular complexity index is 610. The number of benzene rings is 2. The molecule has 2 rings (SSSR count). The summed E-state index contributed by atoms with van der Waals surface area (Å²) in [4.78, 5) is 13.1. The van der Waals surface area contributed by atoms with E-state index in [0.717, 1.165) is 11.3 Å². The van der Waals surface area contributed by atoms with Gasteiger partial charge in [-0.1, -0.05) is 29.8 Å². The van der Waals surface area contributed by atoms with Crippen LogP contribution >= 0.6 is 11.8 Å². The number of amides is 1. The van der Waals surface area contributed by atoms with Gasteiger partial charge < -0.3 is 5.32 Å². The lowest BCUT2D eigenvalue weighted by molar-refractivity contribution is -0.121. The number of hydrogen-bond donors (Lipinski definition) is 1. The maximum atomic E-state index is 12.9. The van der Waals surface area contributed by atoms with Crippen molar-refractivity contribution < 1.29 is 9.18 Å². The average Bonchev–Trinajstić information content (AvgIpc) is 2.50. The van der Waals surface area contributed by atoms with Gasteiger partial charge in [0.15, 0.2) is 0 Å². The van der Waals surface area contributed by atoms with Crippen LogP contribution in [-0.4, -0.2) is 11.7 Å². The number of nitrogens with one attached hydrogen (secondary N) is 1. The summed E-state index contributed by atoms with van der Waals surface area (Å²) in [6.45, 7) is 3.96. The van der Waals surface area contributed by atoms with Crippen molar-refractivity contribution in [1.82, 2.24) is 5.32 Å². The molecule has 1 N–H and O–H groups in total. The molecule has 2 aromatic carbocycles. The monoisotopic (exact) mass is 317 g/mol. The van der Waals surface area contributed by atoms with Gasteiger partial charge in [-0.3, -0.25) is 4.79 Å². The maximum absolute atomic E-state index is 12.9. The van der Waals surface area contributed by atoms with Gasteiger partial charge in [-0.2, -0.15) is 0 Å². The van der Waals surface area contributed by atoms with Gasteiger partial charge in [-0.15, -0.1) is 11.8 Å². The first kappa shape index (κ1) is 16.6. The molecular formula is C18H20FNOS. The Morgan fingerprint density at radius 2 is 1.77 bits per heavy atom. The molecule has 0 aliphatic heterocycles. The molecule has 116 valence electrons. The van der Waals surface area contributed by atoms with Gasteiger partial charge in [-0.25, -0.2) is 4.39 Å². The summed E-state index contributed by atoms with van der Waals surface area (Å²) in [5.41, 5.74) is 2.14. The van der Waals surface area contributed by atoms with Gasteiger partial charge in [-0.05, 0) is 43.7 Å². The highest BCUT2D eigenvalue weighted by Gasteiger charge is 2.09. The van der Waals surface area contributed by atoms with E-state index in [1.807, 2.05) is 6.92 Å². The Kier molecular flexibility index (Phi) is 6.01. The predicted octanol–water partition coefficient (Wildman–Crippen LogP) is 4.49. The highest BCUT2D eigenvalue weighted by molar-refractivity contribution is 7.99. The first-order valence-electron chi connectivity index (χ1n) is 7.29. The molecule has 0 bridgehead atoms. The quantitative estimate of drug-likeness (QED) is 0.795. The zero-order valence-electron chi connectivity index (χ0n) is 12.8. The molecule has 1 atom stereocenters. The highest BCUT2D eigenvalue weighted by atomic mass is 32.2. The second-order valence-electron chi connectivity index (χ2n) is 5.25. The number of hydrogen-bond acceptors (Lipinski definition) is 2. The van der Waals surface area contributed by atoms with Crippen LogP contribution in [0.25, 0.3) is 0 Å². The Balaban J connectivity index is 1.75. The SMILES string of the molecule is Cc1ccc(SCCC(=O)N[C@H](C)c2ccc(F)cc2)cc1. The van der Waals surface area contributed by atoms with Crippen LogP contribution in [0.3, 0.4) is 0 Å². The van der Waals surface area contributed by atoms with Crippen LogP contribution in [0, 0.1) is 12.7 Å². The Morgan fingerprint density at radius 3 is 2.41 bits per heavy atom. The molecule has 1 amide bonds. The number of thioether (sulfide) groups is 1. The standard InChI is InChI=1S/C18H20FNOS/c1-13-3-9-17(10-4-13)22-12-11-18(21)20-14(2)15-5-7-16(19)8-6-15/h3-10,14H,11-12H2,1-2H3,(H,20,21)/t14-/m1/s1. The molecule has 4 heteroatoms. The van der Waals surface area contributed by atoms with E-state index in [4.69, 9.17) is 0 Å². The predicted molar refractivity (Wildman–Crippen MR) is 89.5 cm³/mol. The van der Waals surface area contributed by atoms with Crippen molar-refractivity contribution in [1.29, 1.82) is 0 Å². The summed E-state index contributed by atoms with van der Waals surface area (Å²) in [7, 11) is 0. The molecule has 2 nitrogen and oxygen atoms in total. The zero-order valence-corrected chi connectivity index (χ0v) is 13.6. The van der Waals surface area contributed by atoms with Crippen molar-refractivity contribution in [2.45, 2.75) is 31.2 Å². The second-order valence-corrected chi connectivity index (χ2v) is 6.42. The normalized spacial score (nSPS) is 12.0. The van der Waals surface area contributed by atoms with Crippen molar-refractivity contribution in [3.8, 4) is 0 Å². The van der Waals surface area contributed by atoms with Gasteiger partial charge in [0.1, 0.15) is 5.82 Å². The molecule has 0 aliphatic carbocycles. The second kappa shape index (κ2) is 7.99. The Morgan fingerprint density at radius 1 is 1.14 bits per heavy atom. The maximum Gasteiger partial charge on any atom is 0.221 e. The molecule has 0 fully saturated rings. The van der Waals surface area contributed by atoms with Crippen LogP contribution in [0.5, 0.6) is 0 Å². The minimum Gasteiger partial charge on any atom is -0.350 e. The van der Waals surface area contributed by atoms with E-state index in [1.54, 1.807) is 23.9 Å². The smallest absolute Gasteiger partial charge is 0.221 e. The van der Waals surface area contributed by atoms with E-state index in [9.17, 15) is 9.18 Å². The molecular weight excluding hydrogens is 297 g/mol. The topological polar surface area (TPSA) is 29.1 Å². The third-order valence-electron chi connectivity index (χ3n) is 3.37. The number of carbonyl (C=O) groups is 1. The van der Waals surface area contributed by atoms with Crippen LogP contribution < -0.4 is 5.32 Å². The van der Waals surface area contributed by atoms with Crippen LogP contribution in [0.4, 0.5) is 4.39 Å².